The first-order chi connectivity index (χ1) is 8.58. The summed E-state index contributed by atoms with van der Waals surface area (Å²) in [6, 6.07) is 9.28. The number of primary amides is 1. The minimum absolute atomic E-state index is 0.138. The number of rotatable bonds is 6. The zero-order valence-electron chi connectivity index (χ0n) is 10.4. The van der Waals surface area contributed by atoms with Gasteiger partial charge in [0.1, 0.15) is 6.61 Å². The van der Waals surface area contributed by atoms with Gasteiger partial charge in [0.25, 0.3) is 0 Å². The van der Waals surface area contributed by atoms with Crippen LogP contribution >= 0.6 is 0 Å². The molecule has 0 aliphatic rings. The number of carbonyl (C=O) groups is 2. The van der Waals surface area contributed by atoms with Crippen LogP contribution in [0.2, 0.25) is 0 Å². The van der Waals surface area contributed by atoms with Crippen LogP contribution in [-0.2, 0) is 16.1 Å². The molecule has 2 amide bonds. The van der Waals surface area contributed by atoms with E-state index in [2.05, 4.69) is 5.32 Å². The first-order valence-corrected chi connectivity index (χ1v) is 5.83. The molecule has 3 N–H and O–H groups in total. The molecule has 0 spiro atoms. The van der Waals surface area contributed by atoms with Gasteiger partial charge < -0.3 is 15.8 Å². The summed E-state index contributed by atoms with van der Waals surface area (Å²) in [6.07, 6.45) is 0.270. The van der Waals surface area contributed by atoms with E-state index in [0.717, 1.165) is 5.56 Å². The molecule has 1 rings (SSSR count). The van der Waals surface area contributed by atoms with Gasteiger partial charge in [-0.3, -0.25) is 4.79 Å². The van der Waals surface area contributed by atoms with Crippen LogP contribution in [-0.4, -0.2) is 18.0 Å². The van der Waals surface area contributed by atoms with E-state index in [1.165, 1.54) is 0 Å². The van der Waals surface area contributed by atoms with E-state index in [0.29, 0.717) is 6.42 Å². The van der Waals surface area contributed by atoms with E-state index in [1.54, 1.807) is 6.92 Å². The molecule has 0 fully saturated rings. The highest BCUT2D eigenvalue weighted by Gasteiger charge is 2.09. The molecule has 0 aliphatic carbocycles. The molecule has 0 saturated carbocycles. The molecule has 1 aromatic carbocycles. The van der Waals surface area contributed by atoms with Crippen LogP contribution in [0.4, 0.5) is 4.79 Å². The molecule has 0 heterocycles. The van der Waals surface area contributed by atoms with Gasteiger partial charge in [0, 0.05) is 12.5 Å². The maximum absolute atomic E-state index is 11.4. The SMILES string of the molecule is CC(CCC(N)=O)NC(=O)OCc1ccccc1. The minimum Gasteiger partial charge on any atom is -0.445 e. The summed E-state index contributed by atoms with van der Waals surface area (Å²) in [7, 11) is 0. The Bertz CT molecular complexity index is 392. The van der Waals surface area contributed by atoms with Gasteiger partial charge in [0.15, 0.2) is 0 Å². The average Bonchev–Trinajstić information content (AvgIpc) is 2.35. The van der Waals surface area contributed by atoms with E-state index in [9.17, 15) is 9.59 Å². The first kappa shape index (κ1) is 14.0. The van der Waals surface area contributed by atoms with Gasteiger partial charge in [-0.1, -0.05) is 30.3 Å². The van der Waals surface area contributed by atoms with Crippen molar-refractivity contribution in [3.05, 3.63) is 35.9 Å². The molecule has 18 heavy (non-hydrogen) atoms. The highest BCUT2D eigenvalue weighted by atomic mass is 16.5. The summed E-state index contributed by atoms with van der Waals surface area (Å²) < 4.78 is 5.04. The number of hydrogen-bond acceptors (Lipinski definition) is 3. The van der Waals surface area contributed by atoms with Gasteiger partial charge in [0.2, 0.25) is 5.91 Å². The number of hydrogen-bond donors (Lipinski definition) is 2. The topological polar surface area (TPSA) is 81.4 Å². The van der Waals surface area contributed by atoms with Crippen LogP contribution in [0.1, 0.15) is 25.3 Å². The monoisotopic (exact) mass is 250 g/mol. The Morgan fingerprint density at radius 1 is 1.33 bits per heavy atom. The predicted octanol–water partition coefficient (Wildman–Crippen LogP) is 1.57. The molecule has 0 bridgehead atoms. The summed E-state index contributed by atoms with van der Waals surface area (Å²) in [5.74, 6) is -0.374. The van der Waals surface area contributed by atoms with Crippen LogP contribution in [0.5, 0.6) is 0 Å². The van der Waals surface area contributed by atoms with Crippen molar-refractivity contribution >= 4 is 12.0 Å². The van der Waals surface area contributed by atoms with E-state index < -0.39 is 6.09 Å². The molecule has 1 atom stereocenters. The van der Waals surface area contributed by atoms with Crippen LogP contribution in [0.25, 0.3) is 0 Å². The highest BCUT2D eigenvalue weighted by Crippen LogP contribution is 2.01. The Hall–Kier alpha value is -2.04. The molecule has 0 aromatic heterocycles. The van der Waals surface area contributed by atoms with E-state index in [1.807, 2.05) is 30.3 Å². The molecule has 0 saturated heterocycles. The van der Waals surface area contributed by atoms with Gasteiger partial charge in [-0.25, -0.2) is 4.79 Å². The smallest absolute Gasteiger partial charge is 0.407 e. The zero-order chi connectivity index (χ0) is 13.4. The van der Waals surface area contributed by atoms with Gasteiger partial charge in [-0.05, 0) is 18.9 Å². The molecular formula is C13H18N2O3. The Kier molecular flexibility index (Phi) is 5.70. The summed E-state index contributed by atoms with van der Waals surface area (Å²) in [5, 5.41) is 2.64. The Labute approximate surface area is 106 Å². The van der Waals surface area contributed by atoms with Crippen LogP contribution in [0, 0.1) is 0 Å². The highest BCUT2D eigenvalue weighted by molar-refractivity contribution is 5.74. The second-order valence-electron chi connectivity index (χ2n) is 4.11. The number of carbonyl (C=O) groups excluding carboxylic acids is 2. The minimum atomic E-state index is -0.490. The van der Waals surface area contributed by atoms with E-state index >= 15 is 0 Å². The van der Waals surface area contributed by atoms with Crippen molar-refractivity contribution in [1.29, 1.82) is 0 Å². The van der Waals surface area contributed by atoms with Crippen LogP contribution in [0.15, 0.2) is 30.3 Å². The van der Waals surface area contributed by atoms with Gasteiger partial charge in [-0.15, -0.1) is 0 Å². The van der Waals surface area contributed by atoms with Gasteiger partial charge in [0.05, 0.1) is 0 Å². The molecule has 0 aliphatic heterocycles. The second kappa shape index (κ2) is 7.32. The molecule has 5 nitrogen and oxygen atoms in total. The fourth-order valence-corrected chi connectivity index (χ4v) is 1.40. The number of ether oxygens (including phenoxy) is 1. The maximum Gasteiger partial charge on any atom is 0.407 e. The number of amides is 2. The first-order valence-electron chi connectivity index (χ1n) is 5.83. The van der Waals surface area contributed by atoms with Crippen LogP contribution in [0.3, 0.4) is 0 Å². The fraction of sp³-hybridized carbons (Fsp3) is 0.385. The lowest BCUT2D eigenvalue weighted by Gasteiger charge is -2.13. The molecule has 1 unspecified atom stereocenters. The lowest BCUT2D eigenvalue weighted by molar-refractivity contribution is -0.118. The normalized spacial score (nSPS) is 11.6. The summed E-state index contributed by atoms with van der Waals surface area (Å²) in [4.78, 5) is 22.0. The molecular weight excluding hydrogens is 232 g/mol. The quantitative estimate of drug-likeness (QED) is 0.804. The Morgan fingerprint density at radius 3 is 2.61 bits per heavy atom. The van der Waals surface area contributed by atoms with Crippen molar-refractivity contribution in [1.82, 2.24) is 5.32 Å². The van der Waals surface area contributed by atoms with Gasteiger partial charge >= 0.3 is 6.09 Å². The fourth-order valence-electron chi connectivity index (χ4n) is 1.40. The number of nitrogens with one attached hydrogen (secondary N) is 1. The predicted molar refractivity (Wildman–Crippen MR) is 67.7 cm³/mol. The standard InChI is InChI=1S/C13H18N2O3/c1-10(7-8-12(14)16)15-13(17)18-9-11-5-3-2-4-6-11/h2-6,10H,7-9H2,1H3,(H2,14,16)(H,15,17). The molecule has 98 valence electrons. The Morgan fingerprint density at radius 2 is 2.00 bits per heavy atom. The number of alkyl carbamates (subject to hydrolysis) is 1. The molecule has 1 aromatic rings. The van der Waals surface area contributed by atoms with E-state index in [-0.39, 0.29) is 25.0 Å². The third-order valence-electron chi connectivity index (χ3n) is 2.40. The average molecular weight is 250 g/mol. The summed E-state index contributed by atoms with van der Waals surface area (Å²) in [6.45, 7) is 2.03. The molecule has 5 heteroatoms. The third-order valence-corrected chi connectivity index (χ3v) is 2.40. The van der Waals surface area contributed by atoms with Crippen molar-refractivity contribution in [2.75, 3.05) is 0 Å². The Balaban J connectivity index is 2.23. The third kappa shape index (κ3) is 5.89. The summed E-state index contributed by atoms with van der Waals surface area (Å²) >= 11 is 0. The largest absolute Gasteiger partial charge is 0.445 e. The molecule has 0 radical (unpaired) electrons. The summed E-state index contributed by atoms with van der Waals surface area (Å²) in [5.41, 5.74) is 5.95. The number of nitrogens with two attached hydrogens (primary N) is 1. The van der Waals surface area contributed by atoms with Crippen molar-refractivity contribution < 1.29 is 14.3 Å². The van der Waals surface area contributed by atoms with Crippen molar-refractivity contribution in [3.63, 3.8) is 0 Å². The zero-order valence-corrected chi connectivity index (χ0v) is 10.4. The lowest BCUT2D eigenvalue weighted by atomic mass is 10.2. The van der Waals surface area contributed by atoms with Crippen molar-refractivity contribution in [3.8, 4) is 0 Å². The van der Waals surface area contributed by atoms with Gasteiger partial charge in [-0.2, -0.15) is 0 Å². The second-order valence-corrected chi connectivity index (χ2v) is 4.11. The lowest BCUT2D eigenvalue weighted by Crippen LogP contribution is -2.33. The number of benzene rings is 1. The van der Waals surface area contributed by atoms with E-state index in [4.69, 9.17) is 10.5 Å². The van der Waals surface area contributed by atoms with Crippen molar-refractivity contribution in [2.45, 2.75) is 32.4 Å². The van der Waals surface area contributed by atoms with Crippen molar-refractivity contribution in [2.24, 2.45) is 5.73 Å². The van der Waals surface area contributed by atoms with Crippen LogP contribution < -0.4 is 11.1 Å². The maximum atomic E-state index is 11.4.